The lowest BCUT2D eigenvalue weighted by molar-refractivity contribution is -0.122. The molecule has 0 heterocycles. The number of carbonyl (C=O) groups is 1. The SMILES string of the molecule is NC1(C(=O)Nc2ccc(COCc3ccccc3)cc2)CCCCC1. The van der Waals surface area contributed by atoms with Crippen LogP contribution in [0.4, 0.5) is 5.69 Å². The first-order chi connectivity index (χ1) is 12.2. The van der Waals surface area contributed by atoms with Crippen molar-refractivity contribution in [1.29, 1.82) is 0 Å². The van der Waals surface area contributed by atoms with Crippen LogP contribution in [-0.2, 0) is 22.7 Å². The van der Waals surface area contributed by atoms with Gasteiger partial charge in [-0.2, -0.15) is 0 Å². The smallest absolute Gasteiger partial charge is 0.244 e. The number of rotatable bonds is 6. The van der Waals surface area contributed by atoms with Crippen molar-refractivity contribution in [2.75, 3.05) is 5.32 Å². The summed E-state index contributed by atoms with van der Waals surface area (Å²) in [6.45, 7) is 1.14. The number of nitrogens with two attached hydrogens (primary N) is 1. The molecule has 3 rings (SSSR count). The van der Waals surface area contributed by atoms with Crippen LogP contribution in [0.15, 0.2) is 54.6 Å². The molecule has 0 aromatic heterocycles. The molecule has 1 saturated carbocycles. The minimum Gasteiger partial charge on any atom is -0.372 e. The van der Waals surface area contributed by atoms with E-state index in [2.05, 4.69) is 5.32 Å². The van der Waals surface area contributed by atoms with Crippen LogP contribution in [0, 0.1) is 0 Å². The van der Waals surface area contributed by atoms with Gasteiger partial charge in [0, 0.05) is 5.69 Å². The van der Waals surface area contributed by atoms with Gasteiger partial charge < -0.3 is 15.8 Å². The maximum atomic E-state index is 12.4. The molecule has 0 atom stereocenters. The molecule has 25 heavy (non-hydrogen) atoms. The van der Waals surface area contributed by atoms with Crippen LogP contribution >= 0.6 is 0 Å². The molecule has 0 radical (unpaired) electrons. The average molecular weight is 338 g/mol. The van der Waals surface area contributed by atoms with Crippen molar-refractivity contribution < 1.29 is 9.53 Å². The summed E-state index contributed by atoms with van der Waals surface area (Å²) in [7, 11) is 0. The number of amides is 1. The summed E-state index contributed by atoms with van der Waals surface area (Å²) < 4.78 is 5.73. The predicted octanol–water partition coefficient (Wildman–Crippen LogP) is 4.00. The van der Waals surface area contributed by atoms with Gasteiger partial charge in [0.05, 0.1) is 18.8 Å². The van der Waals surface area contributed by atoms with Gasteiger partial charge in [-0.15, -0.1) is 0 Å². The molecule has 3 N–H and O–H groups in total. The lowest BCUT2D eigenvalue weighted by Gasteiger charge is -2.31. The number of hydrogen-bond donors (Lipinski definition) is 2. The molecule has 1 amide bonds. The molecule has 0 spiro atoms. The van der Waals surface area contributed by atoms with Crippen molar-refractivity contribution in [3.05, 3.63) is 65.7 Å². The fourth-order valence-electron chi connectivity index (χ4n) is 3.21. The summed E-state index contributed by atoms with van der Waals surface area (Å²) >= 11 is 0. The van der Waals surface area contributed by atoms with Crippen LogP contribution in [-0.4, -0.2) is 11.4 Å². The summed E-state index contributed by atoms with van der Waals surface area (Å²) in [5, 5.41) is 2.96. The van der Waals surface area contributed by atoms with Gasteiger partial charge in [-0.05, 0) is 36.1 Å². The zero-order valence-corrected chi connectivity index (χ0v) is 14.5. The Bertz CT molecular complexity index is 677. The quantitative estimate of drug-likeness (QED) is 0.836. The van der Waals surface area contributed by atoms with E-state index in [1.807, 2.05) is 54.6 Å². The first-order valence-corrected chi connectivity index (χ1v) is 8.97. The highest BCUT2D eigenvalue weighted by atomic mass is 16.5. The van der Waals surface area contributed by atoms with E-state index in [1.165, 1.54) is 6.42 Å². The van der Waals surface area contributed by atoms with Crippen molar-refractivity contribution in [2.45, 2.75) is 50.9 Å². The molecule has 1 aliphatic rings. The number of anilines is 1. The third-order valence-electron chi connectivity index (χ3n) is 4.79. The largest absolute Gasteiger partial charge is 0.372 e. The van der Waals surface area contributed by atoms with Crippen molar-refractivity contribution in [3.63, 3.8) is 0 Å². The Balaban J connectivity index is 1.49. The van der Waals surface area contributed by atoms with Gasteiger partial charge in [-0.3, -0.25) is 4.79 Å². The zero-order chi connectivity index (χ0) is 17.5. The second-order valence-corrected chi connectivity index (χ2v) is 6.85. The minimum absolute atomic E-state index is 0.0692. The van der Waals surface area contributed by atoms with Crippen molar-refractivity contribution in [1.82, 2.24) is 0 Å². The molecule has 4 heteroatoms. The Kier molecular flexibility index (Phi) is 5.84. The van der Waals surface area contributed by atoms with E-state index in [1.54, 1.807) is 0 Å². The summed E-state index contributed by atoms with van der Waals surface area (Å²) in [6.07, 6.45) is 4.77. The number of ether oxygens (including phenoxy) is 1. The average Bonchev–Trinajstić information content (AvgIpc) is 2.65. The van der Waals surface area contributed by atoms with Crippen LogP contribution in [0.25, 0.3) is 0 Å². The second kappa shape index (κ2) is 8.28. The summed E-state index contributed by atoms with van der Waals surface area (Å²) in [5.74, 6) is -0.0692. The Morgan fingerprint density at radius 2 is 1.52 bits per heavy atom. The summed E-state index contributed by atoms with van der Waals surface area (Å²) in [5.41, 5.74) is 8.58. The molecule has 0 aliphatic heterocycles. The van der Waals surface area contributed by atoms with Gasteiger partial charge >= 0.3 is 0 Å². The highest BCUT2D eigenvalue weighted by Crippen LogP contribution is 2.27. The summed E-state index contributed by atoms with van der Waals surface area (Å²) in [4.78, 5) is 12.4. The first kappa shape index (κ1) is 17.6. The van der Waals surface area contributed by atoms with E-state index in [0.29, 0.717) is 13.2 Å². The molecular weight excluding hydrogens is 312 g/mol. The summed E-state index contributed by atoms with van der Waals surface area (Å²) in [6, 6.07) is 17.9. The molecule has 2 aromatic rings. The highest BCUT2D eigenvalue weighted by Gasteiger charge is 2.35. The zero-order valence-electron chi connectivity index (χ0n) is 14.5. The molecule has 2 aromatic carbocycles. The van der Waals surface area contributed by atoms with Crippen LogP contribution < -0.4 is 11.1 Å². The Morgan fingerprint density at radius 1 is 0.920 bits per heavy atom. The molecule has 0 unspecified atom stereocenters. The van der Waals surface area contributed by atoms with E-state index in [0.717, 1.165) is 42.5 Å². The topological polar surface area (TPSA) is 64.4 Å². The Morgan fingerprint density at radius 3 is 2.16 bits per heavy atom. The molecule has 0 saturated heterocycles. The van der Waals surface area contributed by atoms with Crippen molar-refractivity contribution in [3.8, 4) is 0 Å². The van der Waals surface area contributed by atoms with E-state index >= 15 is 0 Å². The van der Waals surface area contributed by atoms with Gasteiger partial charge in [0.15, 0.2) is 0 Å². The van der Waals surface area contributed by atoms with Crippen molar-refractivity contribution in [2.24, 2.45) is 5.73 Å². The maximum absolute atomic E-state index is 12.4. The van der Waals surface area contributed by atoms with Crippen LogP contribution in [0.3, 0.4) is 0 Å². The number of hydrogen-bond acceptors (Lipinski definition) is 3. The monoisotopic (exact) mass is 338 g/mol. The Hall–Kier alpha value is -2.17. The van der Waals surface area contributed by atoms with Crippen LogP contribution in [0.2, 0.25) is 0 Å². The fourth-order valence-corrected chi connectivity index (χ4v) is 3.21. The maximum Gasteiger partial charge on any atom is 0.244 e. The first-order valence-electron chi connectivity index (χ1n) is 8.97. The van der Waals surface area contributed by atoms with E-state index in [9.17, 15) is 4.79 Å². The third kappa shape index (κ3) is 4.91. The van der Waals surface area contributed by atoms with E-state index in [-0.39, 0.29) is 5.91 Å². The number of carbonyl (C=O) groups excluding carboxylic acids is 1. The lowest BCUT2D eigenvalue weighted by Crippen LogP contribution is -2.52. The third-order valence-corrected chi connectivity index (χ3v) is 4.79. The van der Waals surface area contributed by atoms with Crippen molar-refractivity contribution >= 4 is 11.6 Å². The Labute approximate surface area is 149 Å². The molecule has 4 nitrogen and oxygen atoms in total. The van der Waals surface area contributed by atoms with Gasteiger partial charge in [-0.1, -0.05) is 61.7 Å². The van der Waals surface area contributed by atoms with Gasteiger partial charge in [0.1, 0.15) is 0 Å². The standard InChI is InChI=1S/C21H26N2O2/c22-21(13-5-2-6-14-21)20(24)23-19-11-9-18(10-12-19)16-25-15-17-7-3-1-4-8-17/h1,3-4,7-12H,2,5-6,13-16,22H2,(H,23,24). The molecule has 1 fully saturated rings. The lowest BCUT2D eigenvalue weighted by atomic mass is 9.82. The van der Waals surface area contributed by atoms with Gasteiger partial charge in [0.2, 0.25) is 5.91 Å². The predicted molar refractivity (Wildman–Crippen MR) is 100 cm³/mol. The number of nitrogens with one attached hydrogen (secondary N) is 1. The molecule has 1 aliphatic carbocycles. The molecular formula is C21H26N2O2. The normalized spacial score (nSPS) is 16.4. The molecule has 0 bridgehead atoms. The van der Waals surface area contributed by atoms with E-state index < -0.39 is 5.54 Å². The van der Waals surface area contributed by atoms with Gasteiger partial charge in [0.25, 0.3) is 0 Å². The van der Waals surface area contributed by atoms with Crippen LogP contribution in [0.1, 0.15) is 43.2 Å². The highest BCUT2D eigenvalue weighted by molar-refractivity contribution is 5.98. The second-order valence-electron chi connectivity index (χ2n) is 6.85. The minimum atomic E-state index is -0.713. The van der Waals surface area contributed by atoms with E-state index in [4.69, 9.17) is 10.5 Å². The number of benzene rings is 2. The fraction of sp³-hybridized carbons (Fsp3) is 0.381. The van der Waals surface area contributed by atoms with Crippen LogP contribution in [0.5, 0.6) is 0 Å². The van der Waals surface area contributed by atoms with Gasteiger partial charge in [-0.25, -0.2) is 0 Å². The molecule has 132 valence electrons.